The largest absolute Gasteiger partial charge is 0.367 e. The fourth-order valence-corrected chi connectivity index (χ4v) is 1.97. The summed E-state index contributed by atoms with van der Waals surface area (Å²) < 4.78 is 11.6. The van der Waals surface area contributed by atoms with Gasteiger partial charge >= 0.3 is 0 Å². The lowest BCUT2D eigenvalue weighted by molar-refractivity contribution is -0.00756. The van der Waals surface area contributed by atoms with Crippen molar-refractivity contribution in [3.63, 3.8) is 0 Å². The molecule has 0 unspecified atom stereocenters. The molecule has 0 saturated heterocycles. The van der Waals surface area contributed by atoms with Crippen LogP contribution in [0.1, 0.15) is 38.8 Å². The summed E-state index contributed by atoms with van der Waals surface area (Å²) in [4.78, 5) is 0. The molecule has 2 nitrogen and oxygen atoms in total. The first-order valence-electron chi connectivity index (χ1n) is 6.94. The molecule has 0 saturated carbocycles. The van der Waals surface area contributed by atoms with Gasteiger partial charge in [0.1, 0.15) is 0 Å². The lowest BCUT2D eigenvalue weighted by Gasteiger charge is -2.28. The van der Waals surface area contributed by atoms with Gasteiger partial charge in [0.25, 0.3) is 0 Å². The predicted octanol–water partition coefficient (Wildman–Crippen LogP) is 4.56. The molecule has 110 valence electrons. The highest BCUT2D eigenvalue weighted by molar-refractivity contribution is 5.29. The maximum Gasteiger partial charge on any atom is 0.0879 e. The summed E-state index contributed by atoms with van der Waals surface area (Å²) in [5.41, 5.74) is 1.64. The third kappa shape index (κ3) is 4.32. The molecule has 0 amide bonds. The smallest absolute Gasteiger partial charge is 0.0879 e. The van der Waals surface area contributed by atoms with Gasteiger partial charge in [0.2, 0.25) is 0 Å². The van der Waals surface area contributed by atoms with Crippen LogP contribution in [0, 0.1) is 0 Å². The highest BCUT2D eigenvalue weighted by Gasteiger charge is 2.24. The summed E-state index contributed by atoms with van der Waals surface area (Å²) in [5.74, 6) is 0. The molecule has 0 heterocycles. The van der Waals surface area contributed by atoms with Crippen molar-refractivity contribution >= 4 is 0 Å². The summed E-state index contributed by atoms with van der Waals surface area (Å²) in [6.07, 6.45) is 3.53. The van der Waals surface area contributed by atoms with E-state index in [-0.39, 0.29) is 11.2 Å². The van der Waals surface area contributed by atoms with Crippen LogP contribution in [-0.4, -0.2) is 13.2 Å². The van der Waals surface area contributed by atoms with E-state index >= 15 is 0 Å². The lowest BCUT2D eigenvalue weighted by Crippen LogP contribution is -2.24. The second kappa shape index (κ2) is 6.87. The fourth-order valence-electron chi connectivity index (χ4n) is 1.97. The maximum absolute atomic E-state index is 5.79. The van der Waals surface area contributed by atoms with Gasteiger partial charge in [-0.2, -0.15) is 0 Å². The number of benzene rings is 1. The molecule has 1 rings (SSSR count). The van der Waals surface area contributed by atoms with E-state index in [1.165, 1.54) is 0 Å². The molecule has 0 aliphatic heterocycles. The predicted molar refractivity (Wildman–Crippen MR) is 84.8 cm³/mol. The van der Waals surface area contributed by atoms with Crippen LogP contribution in [0.2, 0.25) is 0 Å². The summed E-state index contributed by atoms with van der Waals surface area (Å²) in [7, 11) is 0. The molecule has 0 spiro atoms. The van der Waals surface area contributed by atoms with Crippen molar-refractivity contribution < 1.29 is 9.47 Å². The zero-order valence-corrected chi connectivity index (χ0v) is 13.1. The third-order valence-corrected chi connectivity index (χ3v) is 3.40. The highest BCUT2D eigenvalue weighted by Crippen LogP contribution is 2.29. The van der Waals surface area contributed by atoms with Crippen molar-refractivity contribution in [1.82, 2.24) is 0 Å². The minimum absolute atomic E-state index is 0.321. The van der Waals surface area contributed by atoms with Crippen molar-refractivity contribution in [2.45, 2.75) is 38.9 Å². The van der Waals surface area contributed by atoms with Crippen molar-refractivity contribution in [2.24, 2.45) is 0 Å². The molecule has 0 bridgehead atoms. The van der Waals surface area contributed by atoms with Crippen LogP contribution in [0.4, 0.5) is 0 Å². The van der Waals surface area contributed by atoms with E-state index in [1.807, 2.05) is 0 Å². The van der Waals surface area contributed by atoms with Gasteiger partial charge in [0.15, 0.2) is 0 Å². The van der Waals surface area contributed by atoms with Gasteiger partial charge in [-0.25, -0.2) is 0 Å². The van der Waals surface area contributed by atoms with Gasteiger partial charge in [-0.05, 0) is 38.8 Å². The average Bonchev–Trinajstić information content (AvgIpc) is 2.43. The zero-order chi connectivity index (χ0) is 15.2. The van der Waals surface area contributed by atoms with Crippen molar-refractivity contribution in [2.75, 3.05) is 13.2 Å². The Morgan fingerprint density at radius 3 is 1.35 bits per heavy atom. The summed E-state index contributed by atoms with van der Waals surface area (Å²) >= 11 is 0. The Morgan fingerprint density at radius 1 is 0.800 bits per heavy atom. The Bertz CT molecular complexity index is 398. The topological polar surface area (TPSA) is 18.5 Å². The monoisotopic (exact) mass is 274 g/mol. The van der Waals surface area contributed by atoms with Gasteiger partial charge in [-0.3, -0.25) is 0 Å². The molecule has 20 heavy (non-hydrogen) atoms. The second-order valence-corrected chi connectivity index (χ2v) is 5.80. The quantitative estimate of drug-likeness (QED) is 0.647. The molecule has 0 fully saturated rings. The SMILES string of the molecule is C=CCOC(C)(C)c1ccc(C(C)(C)OCC=C)cc1. The van der Waals surface area contributed by atoms with E-state index in [0.29, 0.717) is 13.2 Å². The number of hydrogen-bond acceptors (Lipinski definition) is 2. The van der Waals surface area contributed by atoms with E-state index in [1.54, 1.807) is 12.2 Å². The molecule has 0 aliphatic carbocycles. The number of hydrogen-bond donors (Lipinski definition) is 0. The summed E-state index contributed by atoms with van der Waals surface area (Å²) in [5, 5.41) is 0. The number of ether oxygens (including phenoxy) is 2. The van der Waals surface area contributed by atoms with Crippen LogP contribution in [-0.2, 0) is 20.7 Å². The first-order valence-corrected chi connectivity index (χ1v) is 6.94. The van der Waals surface area contributed by atoms with Crippen LogP contribution in [0.15, 0.2) is 49.6 Å². The molecular formula is C18H26O2. The van der Waals surface area contributed by atoms with Gasteiger partial charge in [-0.15, -0.1) is 13.2 Å². The van der Waals surface area contributed by atoms with E-state index in [2.05, 4.69) is 65.1 Å². The van der Waals surface area contributed by atoms with Crippen LogP contribution in [0.3, 0.4) is 0 Å². The average molecular weight is 274 g/mol. The zero-order valence-electron chi connectivity index (χ0n) is 13.1. The van der Waals surface area contributed by atoms with E-state index in [4.69, 9.17) is 9.47 Å². The molecular weight excluding hydrogens is 248 g/mol. The normalized spacial score (nSPS) is 12.2. The third-order valence-electron chi connectivity index (χ3n) is 3.40. The van der Waals surface area contributed by atoms with Crippen LogP contribution >= 0.6 is 0 Å². The Morgan fingerprint density at radius 2 is 1.10 bits per heavy atom. The Kier molecular flexibility index (Phi) is 5.73. The molecule has 2 heteroatoms. The van der Waals surface area contributed by atoms with Gasteiger partial charge in [0.05, 0.1) is 24.4 Å². The Labute approximate surface area is 123 Å². The van der Waals surface area contributed by atoms with Crippen molar-refractivity contribution in [3.8, 4) is 0 Å². The molecule has 0 aromatic heterocycles. The first-order chi connectivity index (χ1) is 9.33. The van der Waals surface area contributed by atoms with Gasteiger partial charge < -0.3 is 9.47 Å². The minimum Gasteiger partial charge on any atom is -0.367 e. The first kappa shape index (κ1) is 16.7. The summed E-state index contributed by atoms with van der Waals surface area (Å²) in [6.45, 7) is 16.7. The molecule has 1 aromatic rings. The molecule has 0 N–H and O–H groups in total. The number of rotatable bonds is 8. The minimum atomic E-state index is -0.321. The van der Waals surface area contributed by atoms with Gasteiger partial charge in [0, 0.05) is 0 Å². The van der Waals surface area contributed by atoms with E-state index < -0.39 is 0 Å². The van der Waals surface area contributed by atoms with Crippen LogP contribution in [0.5, 0.6) is 0 Å². The fraction of sp³-hybridized carbons (Fsp3) is 0.444. The van der Waals surface area contributed by atoms with Crippen LogP contribution < -0.4 is 0 Å². The Hall–Kier alpha value is -1.38. The second-order valence-electron chi connectivity index (χ2n) is 5.80. The molecule has 0 radical (unpaired) electrons. The highest BCUT2D eigenvalue weighted by atomic mass is 16.5. The van der Waals surface area contributed by atoms with E-state index in [9.17, 15) is 0 Å². The molecule has 0 aliphatic rings. The van der Waals surface area contributed by atoms with E-state index in [0.717, 1.165) is 11.1 Å². The van der Waals surface area contributed by atoms with Gasteiger partial charge in [-0.1, -0.05) is 36.4 Å². The summed E-state index contributed by atoms with van der Waals surface area (Å²) in [6, 6.07) is 8.38. The molecule has 1 aromatic carbocycles. The standard InChI is InChI=1S/C18H26O2/c1-7-13-19-17(3,4)15-9-11-16(12-10-15)18(5,6)20-14-8-2/h7-12H,1-2,13-14H2,3-6H3. The lowest BCUT2D eigenvalue weighted by atomic mass is 9.92. The van der Waals surface area contributed by atoms with Crippen molar-refractivity contribution in [1.29, 1.82) is 0 Å². The van der Waals surface area contributed by atoms with Crippen molar-refractivity contribution in [3.05, 3.63) is 60.7 Å². The van der Waals surface area contributed by atoms with Crippen LogP contribution in [0.25, 0.3) is 0 Å². The Balaban J connectivity index is 2.87. The maximum atomic E-state index is 5.79. The molecule has 0 atom stereocenters.